The van der Waals surface area contributed by atoms with Crippen LogP contribution >= 0.6 is 0 Å². The standard InChI is InChI=1S/Cd.4H2O/h;4*1H2/q+2;;;;/p-4. The molecule has 0 bridgehead atoms. The van der Waals surface area contributed by atoms with Crippen molar-refractivity contribution >= 4 is 0 Å². The molecule has 0 unspecified atom stereocenters. The smallest absolute Gasteiger partial charge is 0.870 e. The molecular formula is H4CdO4-2. The van der Waals surface area contributed by atoms with Crippen LogP contribution in [0.3, 0.4) is 0 Å². The van der Waals surface area contributed by atoms with E-state index in [1.54, 1.807) is 0 Å². The predicted octanol–water partition coefficient (Wildman–Crippen LogP) is -0.710. The molecule has 0 atom stereocenters. The second-order valence-corrected chi connectivity index (χ2v) is 0. The van der Waals surface area contributed by atoms with Crippen molar-refractivity contribution in [2.24, 2.45) is 0 Å². The number of hydrogen-bond donors (Lipinski definition) is 0. The summed E-state index contributed by atoms with van der Waals surface area (Å²) in [5.41, 5.74) is 0. The van der Waals surface area contributed by atoms with E-state index in [-0.39, 0.29) is 49.2 Å². The van der Waals surface area contributed by atoms with Gasteiger partial charge in [0.05, 0.1) is 0 Å². The molecular weight excluding hydrogens is 176 g/mol. The Balaban J connectivity index is 0. The van der Waals surface area contributed by atoms with E-state index in [0.29, 0.717) is 0 Å². The topological polar surface area (TPSA) is 120 Å². The first-order chi connectivity index (χ1) is 0. The molecule has 5 heavy (non-hydrogen) atoms. The molecule has 0 aliphatic rings. The molecule has 0 rings (SSSR count). The zero-order valence-corrected chi connectivity index (χ0v) is 6.53. The molecule has 0 amide bonds. The summed E-state index contributed by atoms with van der Waals surface area (Å²) in [6, 6.07) is 0. The van der Waals surface area contributed by atoms with Crippen LogP contribution in [0.2, 0.25) is 0 Å². The Morgan fingerprint density at radius 1 is 0.400 bits per heavy atom. The Hall–Kier alpha value is 0.762. The van der Waals surface area contributed by atoms with Gasteiger partial charge in [-0.25, -0.2) is 0 Å². The van der Waals surface area contributed by atoms with E-state index in [4.69, 9.17) is 0 Å². The molecule has 0 aromatic heterocycles. The fourth-order valence-electron chi connectivity index (χ4n) is 0. The van der Waals surface area contributed by atoms with Crippen LogP contribution in [0.25, 0.3) is 0 Å². The van der Waals surface area contributed by atoms with Gasteiger partial charge in [-0.1, -0.05) is 0 Å². The van der Waals surface area contributed by atoms with Crippen LogP contribution in [0.15, 0.2) is 0 Å². The molecule has 4 N–H and O–H groups in total. The quantitative estimate of drug-likeness (QED) is 0.457. The Morgan fingerprint density at radius 2 is 0.400 bits per heavy atom. The monoisotopic (exact) mass is 182 g/mol. The summed E-state index contributed by atoms with van der Waals surface area (Å²) >= 11 is 0. The number of rotatable bonds is 0. The van der Waals surface area contributed by atoms with Gasteiger partial charge < -0.3 is 21.9 Å². The van der Waals surface area contributed by atoms with Crippen molar-refractivity contribution < 1.29 is 49.2 Å². The molecule has 0 aliphatic heterocycles. The molecule has 32 valence electrons. The zero-order valence-electron chi connectivity index (χ0n) is 2.50. The third kappa shape index (κ3) is 62.6. The summed E-state index contributed by atoms with van der Waals surface area (Å²) in [7, 11) is 0. The van der Waals surface area contributed by atoms with Crippen molar-refractivity contribution in [3.8, 4) is 0 Å². The minimum atomic E-state index is 0. The van der Waals surface area contributed by atoms with E-state index in [1.807, 2.05) is 0 Å². The van der Waals surface area contributed by atoms with Gasteiger partial charge in [-0.15, -0.1) is 0 Å². The molecule has 0 saturated heterocycles. The van der Waals surface area contributed by atoms with Gasteiger partial charge in [-0.2, -0.15) is 0 Å². The fourth-order valence-corrected chi connectivity index (χ4v) is 0. The third-order valence-corrected chi connectivity index (χ3v) is 0. The van der Waals surface area contributed by atoms with E-state index in [1.165, 1.54) is 0 Å². The first kappa shape index (κ1) is 225. The minimum absolute atomic E-state index is 0. The molecule has 0 saturated carbocycles. The van der Waals surface area contributed by atoms with Gasteiger partial charge in [-0.05, 0) is 0 Å². The van der Waals surface area contributed by atoms with Crippen LogP contribution < -0.4 is 0 Å². The average molecular weight is 180 g/mol. The normalized spacial score (nSPS) is 0. The average Bonchev–Trinajstić information content (AvgIpc) is 0. The van der Waals surface area contributed by atoms with Gasteiger partial charge in [0.25, 0.3) is 0 Å². The summed E-state index contributed by atoms with van der Waals surface area (Å²) in [4.78, 5) is 0. The van der Waals surface area contributed by atoms with Crippen molar-refractivity contribution in [2.75, 3.05) is 0 Å². The second kappa shape index (κ2) is 116. The molecule has 0 radical (unpaired) electrons. The van der Waals surface area contributed by atoms with Crippen molar-refractivity contribution in [1.29, 1.82) is 0 Å². The molecule has 0 heterocycles. The summed E-state index contributed by atoms with van der Waals surface area (Å²) < 4.78 is 0. The Kier molecular flexibility index (Phi) is 5220. The van der Waals surface area contributed by atoms with Gasteiger partial charge >= 0.3 is 27.3 Å². The maximum absolute atomic E-state index is 0. The molecule has 5 heteroatoms. The van der Waals surface area contributed by atoms with Crippen LogP contribution in [-0.2, 0) is 27.3 Å². The summed E-state index contributed by atoms with van der Waals surface area (Å²) in [5.74, 6) is 0. The van der Waals surface area contributed by atoms with Gasteiger partial charge in [-0.3, -0.25) is 0 Å². The van der Waals surface area contributed by atoms with Gasteiger partial charge in [0.2, 0.25) is 0 Å². The molecule has 0 spiro atoms. The van der Waals surface area contributed by atoms with Crippen LogP contribution in [0, 0.1) is 0 Å². The van der Waals surface area contributed by atoms with Crippen LogP contribution in [0.5, 0.6) is 0 Å². The van der Waals surface area contributed by atoms with Crippen molar-refractivity contribution in [3.05, 3.63) is 0 Å². The maximum atomic E-state index is 0. The minimum Gasteiger partial charge on any atom is -0.870 e. The second-order valence-electron chi connectivity index (χ2n) is 0. The van der Waals surface area contributed by atoms with Crippen molar-refractivity contribution in [2.45, 2.75) is 0 Å². The first-order valence-corrected chi connectivity index (χ1v) is 0. The van der Waals surface area contributed by atoms with Crippen molar-refractivity contribution in [1.82, 2.24) is 0 Å². The van der Waals surface area contributed by atoms with E-state index in [2.05, 4.69) is 0 Å². The molecule has 4 nitrogen and oxygen atoms in total. The van der Waals surface area contributed by atoms with Gasteiger partial charge in [0.15, 0.2) is 0 Å². The van der Waals surface area contributed by atoms with Crippen LogP contribution in [-0.4, -0.2) is 21.9 Å². The van der Waals surface area contributed by atoms with E-state index in [0.717, 1.165) is 0 Å². The van der Waals surface area contributed by atoms with Gasteiger partial charge in [0.1, 0.15) is 0 Å². The van der Waals surface area contributed by atoms with Crippen LogP contribution in [0.1, 0.15) is 0 Å². The largest absolute Gasteiger partial charge is 2.00 e. The summed E-state index contributed by atoms with van der Waals surface area (Å²) in [6.45, 7) is 0. The first-order valence-electron chi connectivity index (χ1n) is 0. The van der Waals surface area contributed by atoms with Crippen LogP contribution in [0.4, 0.5) is 0 Å². The van der Waals surface area contributed by atoms with E-state index >= 15 is 0 Å². The fraction of sp³-hybridized carbons (Fsp3) is 0. The SMILES string of the molecule is [Cd+2].[OH-].[OH-].[OH-].[OH-]. The maximum Gasteiger partial charge on any atom is 2.00 e. The third-order valence-electron chi connectivity index (χ3n) is 0. The molecule has 0 aliphatic carbocycles. The summed E-state index contributed by atoms with van der Waals surface area (Å²) in [6.07, 6.45) is 0. The Labute approximate surface area is 49.6 Å². The van der Waals surface area contributed by atoms with Gasteiger partial charge in [0, 0.05) is 0 Å². The van der Waals surface area contributed by atoms with Crippen molar-refractivity contribution in [3.63, 3.8) is 0 Å². The zero-order chi connectivity index (χ0) is 0. The number of hydrogen-bond acceptors (Lipinski definition) is 4. The van der Waals surface area contributed by atoms with E-state index in [9.17, 15) is 0 Å². The Morgan fingerprint density at radius 3 is 0.400 bits per heavy atom. The Bertz CT molecular complexity index is 3.61. The molecule has 0 fully saturated rings. The van der Waals surface area contributed by atoms with E-state index < -0.39 is 0 Å². The molecule has 0 aromatic carbocycles. The molecule has 0 aromatic rings. The predicted molar refractivity (Wildman–Crippen MR) is 7.74 cm³/mol. The summed E-state index contributed by atoms with van der Waals surface area (Å²) in [5, 5.41) is 0.